The number of methoxy groups -OCH3 is 1. The maximum absolute atomic E-state index is 12.9. The van der Waals surface area contributed by atoms with Crippen LogP contribution in [-0.2, 0) is 16.0 Å². The number of thiocarbonyl (C=S) groups is 1. The number of halogens is 1. The molecule has 1 aliphatic heterocycles. The third-order valence-electron chi connectivity index (χ3n) is 4.20. The fourth-order valence-electron chi connectivity index (χ4n) is 2.73. The molecule has 1 saturated heterocycles. The zero-order chi connectivity index (χ0) is 20.8. The molecule has 0 aromatic heterocycles. The van der Waals surface area contributed by atoms with E-state index in [1.54, 1.807) is 25.3 Å². The number of benzene rings is 2. The number of rotatable bonds is 7. The number of nitrogens with one attached hydrogen (secondary N) is 1. The molecule has 0 bridgehead atoms. The van der Waals surface area contributed by atoms with Crippen molar-refractivity contribution in [1.82, 2.24) is 10.2 Å². The summed E-state index contributed by atoms with van der Waals surface area (Å²) in [7, 11) is 1.59. The first-order valence-corrected chi connectivity index (χ1v) is 10.1. The molecule has 1 fully saturated rings. The Bertz CT molecular complexity index is 961. The van der Waals surface area contributed by atoms with Crippen molar-refractivity contribution in [2.24, 2.45) is 0 Å². The molecule has 150 valence electrons. The number of ether oxygens (including phenoxy) is 1. The topological polar surface area (TPSA) is 58.6 Å². The Balaban J connectivity index is 1.54. The average Bonchev–Trinajstić information content (AvgIpc) is 2.97. The van der Waals surface area contributed by atoms with Crippen molar-refractivity contribution < 1.29 is 18.7 Å². The van der Waals surface area contributed by atoms with Gasteiger partial charge in [0.2, 0.25) is 5.91 Å². The first kappa shape index (κ1) is 21.0. The van der Waals surface area contributed by atoms with Gasteiger partial charge in [-0.3, -0.25) is 14.5 Å². The second-order valence-electron chi connectivity index (χ2n) is 6.26. The van der Waals surface area contributed by atoms with Gasteiger partial charge in [-0.2, -0.15) is 0 Å². The van der Waals surface area contributed by atoms with Crippen LogP contribution in [0.3, 0.4) is 0 Å². The van der Waals surface area contributed by atoms with E-state index in [1.807, 2.05) is 24.3 Å². The Labute approximate surface area is 177 Å². The second-order valence-corrected chi connectivity index (χ2v) is 7.94. The van der Waals surface area contributed by atoms with E-state index in [9.17, 15) is 14.0 Å². The van der Waals surface area contributed by atoms with Crippen LogP contribution in [0.2, 0.25) is 0 Å². The Morgan fingerprint density at radius 1 is 1.28 bits per heavy atom. The van der Waals surface area contributed by atoms with Crippen molar-refractivity contribution in [3.05, 3.63) is 70.4 Å². The van der Waals surface area contributed by atoms with Crippen molar-refractivity contribution in [3.63, 3.8) is 0 Å². The second kappa shape index (κ2) is 9.67. The Kier molecular flexibility index (Phi) is 7.00. The van der Waals surface area contributed by atoms with E-state index in [0.29, 0.717) is 15.0 Å². The van der Waals surface area contributed by atoms with Crippen LogP contribution in [0.15, 0.2) is 53.4 Å². The van der Waals surface area contributed by atoms with Gasteiger partial charge < -0.3 is 10.1 Å². The van der Waals surface area contributed by atoms with Gasteiger partial charge in [0.05, 0.1) is 18.4 Å². The number of nitrogens with zero attached hydrogens (tertiary/aromatic N) is 1. The largest absolute Gasteiger partial charge is 0.497 e. The quantitative estimate of drug-likeness (QED) is 0.539. The van der Waals surface area contributed by atoms with E-state index in [4.69, 9.17) is 17.0 Å². The number of thioether (sulfide) groups is 1. The highest BCUT2D eigenvalue weighted by Crippen LogP contribution is 2.32. The molecule has 0 unspecified atom stereocenters. The average molecular weight is 431 g/mol. The van der Waals surface area contributed by atoms with Gasteiger partial charge in [-0.05, 0) is 41.5 Å². The summed E-state index contributed by atoms with van der Waals surface area (Å²) >= 11 is 6.54. The summed E-state index contributed by atoms with van der Waals surface area (Å²) in [6.45, 7) is 0.564. The highest BCUT2D eigenvalue weighted by molar-refractivity contribution is 8.26. The molecule has 0 spiro atoms. The van der Waals surface area contributed by atoms with E-state index in [0.717, 1.165) is 11.1 Å². The van der Waals surface area contributed by atoms with Crippen LogP contribution in [0.25, 0.3) is 6.08 Å². The lowest BCUT2D eigenvalue weighted by Crippen LogP contribution is -2.37. The molecule has 1 heterocycles. The van der Waals surface area contributed by atoms with Crippen molar-refractivity contribution >= 4 is 46.2 Å². The highest BCUT2D eigenvalue weighted by Gasteiger charge is 2.31. The fourth-order valence-corrected chi connectivity index (χ4v) is 4.04. The van der Waals surface area contributed by atoms with Gasteiger partial charge in [0.15, 0.2) is 0 Å². The molecule has 1 N–H and O–H groups in total. The van der Waals surface area contributed by atoms with Crippen LogP contribution < -0.4 is 10.1 Å². The predicted molar refractivity (Wildman–Crippen MR) is 116 cm³/mol. The maximum atomic E-state index is 12.9. The lowest BCUT2D eigenvalue weighted by Gasteiger charge is -2.14. The summed E-state index contributed by atoms with van der Waals surface area (Å²) in [5, 5.41) is 2.76. The summed E-state index contributed by atoms with van der Waals surface area (Å²) in [6, 6.07) is 13.2. The van der Waals surface area contributed by atoms with Gasteiger partial charge >= 0.3 is 0 Å². The molecule has 1 aliphatic rings. The van der Waals surface area contributed by atoms with Crippen LogP contribution in [0.5, 0.6) is 5.75 Å². The zero-order valence-electron chi connectivity index (χ0n) is 15.7. The van der Waals surface area contributed by atoms with Crippen LogP contribution in [0.1, 0.15) is 11.1 Å². The van der Waals surface area contributed by atoms with E-state index in [-0.39, 0.29) is 37.1 Å². The van der Waals surface area contributed by atoms with Crippen LogP contribution >= 0.6 is 24.0 Å². The van der Waals surface area contributed by atoms with Gasteiger partial charge in [-0.1, -0.05) is 48.2 Å². The number of hydrogen-bond acceptors (Lipinski definition) is 5. The van der Waals surface area contributed by atoms with Gasteiger partial charge in [0.1, 0.15) is 15.9 Å². The molecule has 2 aromatic rings. The summed E-state index contributed by atoms with van der Waals surface area (Å²) in [6.07, 6.45) is 1.92. The number of carbonyl (C=O) groups excluding carboxylic acids is 2. The van der Waals surface area contributed by atoms with Crippen molar-refractivity contribution in [2.45, 2.75) is 6.42 Å². The van der Waals surface area contributed by atoms with Crippen LogP contribution in [0.4, 0.5) is 4.39 Å². The minimum absolute atomic E-state index is 0.147. The molecular formula is C21H19FN2O3S2. The molecule has 8 heteroatoms. The summed E-state index contributed by atoms with van der Waals surface area (Å²) in [5.74, 6) is -0.0202. The van der Waals surface area contributed by atoms with Crippen LogP contribution in [-0.4, -0.2) is 41.2 Å². The molecule has 0 radical (unpaired) electrons. The minimum Gasteiger partial charge on any atom is -0.497 e. The lowest BCUT2D eigenvalue weighted by atomic mass is 10.1. The molecule has 3 rings (SSSR count). The van der Waals surface area contributed by atoms with Crippen molar-refractivity contribution in [1.29, 1.82) is 0 Å². The van der Waals surface area contributed by atoms with E-state index >= 15 is 0 Å². The normalized spacial score (nSPS) is 15.1. The smallest absolute Gasteiger partial charge is 0.266 e. The molecule has 0 aliphatic carbocycles. The summed E-state index contributed by atoms with van der Waals surface area (Å²) in [5.41, 5.74) is 1.56. The highest BCUT2D eigenvalue weighted by atomic mass is 32.2. The SMILES string of the molecule is COc1cccc(/C=C2/SC(=S)N(CCNC(=O)Cc3ccc(F)cc3)C2=O)c1. The number of amides is 2. The lowest BCUT2D eigenvalue weighted by molar-refractivity contribution is -0.123. The zero-order valence-corrected chi connectivity index (χ0v) is 17.3. The van der Waals surface area contributed by atoms with Gasteiger partial charge in [0.25, 0.3) is 5.91 Å². The Morgan fingerprint density at radius 2 is 2.03 bits per heavy atom. The molecule has 5 nitrogen and oxygen atoms in total. The van der Waals surface area contributed by atoms with E-state index < -0.39 is 0 Å². The van der Waals surface area contributed by atoms with E-state index in [1.165, 1.54) is 28.8 Å². The third kappa shape index (κ3) is 5.65. The summed E-state index contributed by atoms with van der Waals surface area (Å²) < 4.78 is 18.6. The Morgan fingerprint density at radius 3 is 2.76 bits per heavy atom. The first-order valence-electron chi connectivity index (χ1n) is 8.87. The van der Waals surface area contributed by atoms with Gasteiger partial charge in [-0.15, -0.1) is 0 Å². The first-order chi connectivity index (χ1) is 14.0. The molecule has 0 atom stereocenters. The molecule has 0 saturated carbocycles. The fraction of sp³-hybridized carbons (Fsp3) is 0.190. The van der Waals surface area contributed by atoms with Gasteiger partial charge in [-0.25, -0.2) is 4.39 Å². The molecule has 2 aromatic carbocycles. The van der Waals surface area contributed by atoms with Gasteiger partial charge in [0, 0.05) is 13.1 Å². The standard InChI is InChI=1S/C21H19FN2O3S2/c1-27-17-4-2-3-15(11-17)12-18-20(26)24(21(28)29-18)10-9-23-19(25)13-14-5-7-16(22)8-6-14/h2-8,11-12H,9-10,13H2,1H3,(H,23,25)/b18-12+. The van der Waals surface area contributed by atoms with Crippen molar-refractivity contribution in [2.75, 3.05) is 20.2 Å². The predicted octanol–water partition coefficient (Wildman–Crippen LogP) is 3.39. The number of hydrogen-bond donors (Lipinski definition) is 1. The maximum Gasteiger partial charge on any atom is 0.266 e. The summed E-state index contributed by atoms with van der Waals surface area (Å²) in [4.78, 5) is 26.7. The van der Waals surface area contributed by atoms with Crippen LogP contribution in [0, 0.1) is 5.82 Å². The number of carbonyl (C=O) groups is 2. The molecular weight excluding hydrogens is 411 g/mol. The molecule has 2 amide bonds. The Hall–Kier alpha value is -2.71. The third-order valence-corrected chi connectivity index (χ3v) is 5.58. The monoisotopic (exact) mass is 430 g/mol. The van der Waals surface area contributed by atoms with Crippen molar-refractivity contribution in [3.8, 4) is 5.75 Å². The molecule has 29 heavy (non-hydrogen) atoms. The van der Waals surface area contributed by atoms with E-state index in [2.05, 4.69) is 5.32 Å². The minimum atomic E-state index is -0.342.